The van der Waals surface area contributed by atoms with Crippen LogP contribution < -0.4 is 21.3 Å². The van der Waals surface area contributed by atoms with Crippen molar-refractivity contribution < 1.29 is 28.7 Å². The molecule has 2 heterocycles. The van der Waals surface area contributed by atoms with E-state index in [4.69, 9.17) is 9.47 Å². The van der Waals surface area contributed by atoms with Gasteiger partial charge in [0, 0.05) is 67.1 Å². The molecule has 2 aliphatic rings. The van der Waals surface area contributed by atoms with E-state index in [1.807, 2.05) is 39.5 Å². The van der Waals surface area contributed by atoms with E-state index in [1.54, 1.807) is 33.2 Å². The van der Waals surface area contributed by atoms with Gasteiger partial charge < -0.3 is 40.5 Å². The molecule has 0 aromatic rings. The summed E-state index contributed by atoms with van der Waals surface area (Å²) in [5.41, 5.74) is 0. The van der Waals surface area contributed by atoms with E-state index in [1.165, 1.54) is 0 Å². The smallest absolute Gasteiger partial charge is 0.245 e. The minimum absolute atomic E-state index is 0.0157. The molecule has 0 aliphatic carbocycles. The first-order valence-electron chi connectivity index (χ1n) is 18.5. The number of nitrogens with zero attached hydrogens (tertiary/aromatic N) is 3. The molecule has 0 radical (unpaired) electrons. The van der Waals surface area contributed by atoms with Crippen molar-refractivity contribution in [2.24, 2.45) is 23.7 Å². The molecule has 0 saturated carbocycles. The molecule has 8 atom stereocenters. The van der Waals surface area contributed by atoms with Crippen molar-refractivity contribution in [2.75, 3.05) is 74.1 Å². The van der Waals surface area contributed by atoms with Gasteiger partial charge in [-0.25, -0.2) is 0 Å². The monoisotopic (exact) mass is 696 g/mol. The number of hydrogen-bond donors (Lipinski definition) is 4. The van der Waals surface area contributed by atoms with Gasteiger partial charge in [-0.3, -0.25) is 24.1 Å². The van der Waals surface area contributed by atoms with Gasteiger partial charge in [0.1, 0.15) is 6.04 Å². The van der Waals surface area contributed by atoms with Crippen LogP contribution in [0.2, 0.25) is 0 Å². The maximum atomic E-state index is 14.1. The van der Waals surface area contributed by atoms with E-state index in [9.17, 15) is 19.2 Å². The zero-order valence-electron chi connectivity index (χ0n) is 32.3. The number of carbonyl (C=O) groups is 4. The third-order valence-electron chi connectivity index (χ3n) is 10.7. The highest BCUT2D eigenvalue weighted by Gasteiger charge is 2.43. The molecule has 4 amide bonds. The highest BCUT2D eigenvalue weighted by molar-refractivity contribution is 5.90. The maximum Gasteiger partial charge on any atom is 0.245 e. The van der Waals surface area contributed by atoms with E-state index >= 15 is 0 Å². The van der Waals surface area contributed by atoms with Gasteiger partial charge in [-0.15, -0.1) is 0 Å². The first-order valence-corrected chi connectivity index (χ1v) is 18.5. The zero-order valence-corrected chi connectivity index (χ0v) is 32.3. The molecule has 2 saturated heterocycles. The van der Waals surface area contributed by atoms with Crippen molar-refractivity contribution in [1.82, 2.24) is 36.0 Å². The van der Waals surface area contributed by atoms with Crippen LogP contribution in [-0.4, -0.2) is 149 Å². The molecular weight excluding hydrogens is 626 g/mol. The highest BCUT2D eigenvalue weighted by Crippen LogP contribution is 2.29. The van der Waals surface area contributed by atoms with Crippen LogP contribution in [0.1, 0.15) is 74.1 Å². The van der Waals surface area contributed by atoms with Crippen LogP contribution in [0.15, 0.2) is 0 Å². The second-order valence-electron chi connectivity index (χ2n) is 14.7. The molecule has 13 heteroatoms. The summed E-state index contributed by atoms with van der Waals surface area (Å²) >= 11 is 0. The normalized spacial score (nSPS) is 21.5. The topological polar surface area (TPSA) is 145 Å². The lowest BCUT2D eigenvalue weighted by Crippen LogP contribution is -2.59. The number of nitrogens with one attached hydrogen (secondary N) is 4. The Bertz CT molecular complexity index is 1040. The third-order valence-corrected chi connectivity index (χ3v) is 10.7. The minimum Gasteiger partial charge on any atom is -0.379 e. The predicted octanol–water partition coefficient (Wildman–Crippen LogP) is 1.31. The number of likely N-dealkylation sites (N-methyl/N-ethyl adjacent to an activating group) is 2. The van der Waals surface area contributed by atoms with Gasteiger partial charge in [-0.2, -0.15) is 0 Å². The molecule has 284 valence electrons. The Kier molecular flexibility index (Phi) is 18.5. The zero-order chi connectivity index (χ0) is 36.8. The van der Waals surface area contributed by atoms with Crippen LogP contribution >= 0.6 is 0 Å². The number of amides is 4. The van der Waals surface area contributed by atoms with Gasteiger partial charge in [0.2, 0.25) is 23.6 Å². The van der Waals surface area contributed by atoms with E-state index in [0.29, 0.717) is 13.1 Å². The lowest BCUT2D eigenvalue weighted by Gasteiger charge is -2.41. The van der Waals surface area contributed by atoms with Gasteiger partial charge >= 0.3 is 0 Å². The summed E-state index contributed by atoms with van der Waals surface area (Å²) in [4.78, 5) is 60.4. The Morgan fingerprint density at radius 3 is 2.08 bits per heavy atom. The van der Waals surface area contributed by atoms with E-state index < -0.39 is 36.3 Å². The van der Waals surface area contributed by atoms with Crippen LogP contribution in [-0.2, 0) is 28.7 Å². The molecule has 49 heavy (non-hydrogen) atoms. The van der Waals surface area contributed by atoms with E-state index in [2.05, 4.69) is 40.0 Å². The average Bonchev–Trinajstić information content (AvgIpc) is 3.56. The summed E-state index contributed by atoms with van der Waals surface area (Å²) in [6.45, 7) is 19.6. The first kappa shape index (κ1) is 42.8. The summed E-state index contributed by atoms with van der Waals surface area (Å²) in [6, 6.07) is -1.81. The molecule has 1 unspecified atom stereocenters. The summed E-state index contributed by atoms with van der Waals surface area (Å²) in [7, 11) is 6.68. The Hall–Kier alpha value is -2.32. The summed E-state index contributed by atoms with van der Waals surface area (Å²) < 4.78 is 11.9. The van der Waals surface area contributed by atoms with Crippen LogP contribution in [0.5, 0.6) is 0 Å². The van der Waals surface area contributed by atoms with Crippen LogP contribution in [0, 0.1) is 23.7 Å². The van der Waals surface area contributed by atoms with E-state index in [-0.39, 0.29) is 53.8 Å². The quantitative estimate of drug-likeness (QED) is 0.148. The largest absolute Gasteiger partial charge is 0.379 e. The van der Waals surface area contributed by atoms with Crippen LogP contribution in [0.3, 0.4) is 0 Å². The van der Waals surface area contributed by atoms with Gasteiger partial charge in [-0.1, -0.05) is 54.9 Å². The number of ether oxygens (including phenoxy) is 2. The summed E-state index contributed by atoms with van der Waals surface area (Å²) in [5.74, 6) is -1.11. The van der Waals surface area contributed by atoms with Crippen molar-refractivity contribution in [3.05, 3.63) is 0 Å². The SMILES string of the molecule is CC[C@H](C)[C@@H]([C@@H](CC(=O)N1CCC[C@H]1[C@H](OC)[C@@H](C)C(=O)NCCN1CCNCC1)OC)N(C)C(=O)C(NC(=O)[C@@H](NC)C(C)C)C(C)C. The van der Waals surface area contributed by atoms with Crippen molar-refractivity contribution in [1.29, 1.82) is 0 Å². The van der Waals surface area contributed by atoms with Gasteiger partial charge in [0.25, 0.3) is 0 Å². The first-order chi connectivity index (χ1) is 23.2. The molecule has 0 spiro atoms. The highest BCUT2D eigenvalue weighted by atomic mass is 16.5. The number of hydrogen-bond acceptors (Lipinski definition) is 9. The average molecular weight is 696 g/mol. The second kappa shape index (κ2) is 21.1. The molecule has 0 aromatic carbocycles. The Labute approximate surface area is 296 Å². The molecule has 2 aliphatic heterocycles. The molecular formula is C36H69N7O6. The van der Waals surface area contributed by atoms with Crippen LogP contribution in [0.25, 0.3) is 0 Å². The molecule has 0 aromatic heterocycles. The predicted molar refractivity (Wildman–Crippen MR) is 193 cm³/mol. The number of methoxy groups -OCH3 is 2. The van der Waals surface area contributed by atoms with Gasteiger partial charge in [0.05, 0.1) is 42.7 Å². The van der Waals surface area contributed by atoms with Crippen molar-refractivity contribution in [2.45, 2.75) is 111 Å². The van der Waals surface area contributed by atoms with Gasteiger partial charge in [0.15, 0.2) is 0 Å². The third kappa shape index (κ3) is 11.9. The molecule has 0 bridgehead atoms. The summed E-state index contributed by atoms with van der Waals surface area (Å²) in [6.07, 6.45) is 1.38. The minimum atomic E-state index is -0.734. The maximum absolute atomic E-state index is 14.1. The number of rotatable bonds is 20. The second-order valence-corrected chi connectivity index (χ2v) is 14.7. The molecule has 2 rings (SSSR count). The Morgan fingerprint density at radius 1 is 0.918 bits per heavy atom. The molecule has 13 nitrogen and oxygen atoms in total. The van der Waals surface area contributed by atoms with Crippen molar-refractivity contribution in [3.8, 4) is 0 Å². The Morgan fingerprint density at radius 2 is 1.55 bits per heavy atom. The van der Waals surface area contributed by atoms with Crippen molar-refractivity contribution >= 4 is 23.6 Å². The Balaban J connectivity index is 2.17. The number of piperazine rings is 1. The summed E-state index contributed by atoms with van der Waals surface area (Å²) in [5, 5.41) is 12.5. The van der Waals surface area contributed by atoms with Gasteiger partial charge in [-0.05, 0) is 37.6 Å². The standard InChI is InChI=1S/C36H69N7O6/c1-12-25(6)32(41(9)36(47)31(24(4)5)40-35(46)30(37-8)23(2)3)28(48-10)22-29(44)43-18-13-14-27(43)33(49-11)26(7)34(45)39-17-21-42-19-15-38-16-20-42/h23-28,30-33,37-38H,12-22H2,1-11H3,(H,39,45)(H,40,46)/t25-,26+,27-,28+,30-,31?,32-,33+/m0/s1. The lowest BCUT2D eigenvalue weighted by molar-refractivity contribution is -0.147. The van der Waals surface area contributed by atoms with Crippen LogP contribution in [0.4, 0.5) is 0 Å². The fourth-order valence-electron chi connectivity index (χ4n) is 7.48. The number of likely N-dealkylation sites (tertiary alicyclic amines) is 1. The number of carbonyl (C=O) groups excluding carboxylic acids is 4. The fraction of sp³-hybridized carbons (Fsp3) is 0.889. The van der Waals surface area contributed by atoms with E-state index in [0.717, 1.165) is 52.0 Å². The van der Waals surface area contributed by atoms with Crippen molar-refractivity contribution in [3.63, 3.8) is 0 Å². The fourth-order valence-corrected chi connectivity index (χ4v) is 7.48. The molecule has 2 fully saturated rings. The lowest BCUT2D eigenvalue weighted by atomic mass is 9.89. The molecule has 4 N–H and O–H groups in total.